The van der Waals surface area contributed by atoms with Crippen molar-refractivity contribution < 1.29 is 37.9 Å². The van der Waals surface area contributed by atoms with E-state index in [-0.39, 0.29) is 19.4 Å². The van der Waals surface area contributed by atoms with Gasteiger partial charge in [0.1, 0.15) is 6.61 Å². The number of esters is 2. The van der Waals surface area contributed by atoms with Gasteiger partial charge in [-0.15, -0.1) is 0 Å². The summed E-state index contributed by atoms with van der Waals surface area (Å²) in [4.78, 5) is 42.8. The highest BCUT2D eigenvalue weighted by Gasteiger charge is 2.22. The van der Waals surface area contributed by atoms with Gasteiger partial charge in [-0.25, -0.2) is 4.57 Å². The summed E-state index contributed by atoms with van der Waals surface area (Å²) in [7, 11) is -4.78. The number of rotatable bonds is 38. The first-order valence-corrected chi connectivity index (χ1v) is 22.8. The van der Waals surface area contributed by atoms with E-state index in [1.807, 2.05) is 12.2 Å². The number of carbonyl (C=O) groups excluding carboxylic acids is 2. The van der Waals surface area contributed by atoms with Crippen LogP contribution in [0.3, 0.4) is 0 Å². The molecule has 0 aromatic carbocycles. The number of hydrogen-bond donors (Lipinski definition) is 2. The number of phosphoric ester groups is 1. The molecule has 310 valence electrons. The summed E-state index contributed by atoms with van der Waals surface area (Å²) in [6, 6.07) is 0. The molecule has 0 unspecified atom stereocenters. The summed E-state index contributed by atoms with van der Waals surface area (Å²) < 4.78 is 26.3. The molecule has 0 heterocycles. The maximum Gasteiger partial charge on any atom is 0.469 e. The summed E-state index contributed by atoms with van der Waals surface area (Å²) in [5.41, 5.74) is 0. The maximum absolute atomic E-state index is 12.4. The fourth-order valence-electron chi connectivity index (χ4n) is 5.63. The van der Waals surface area contributed by atoms with Crippen molar-refractivity contribution in [3.8, 4) is 0 Å². The molecule has 0 aromatic heterocycles. The van der Waals surface area contributed by atoms with Gasteiger partial charge < -0.3 is 19.3 Å². The van der Waals surface area contributed by atoms with E-state index in [9.17, 15) is 14.2 Å². The second-order valence-corrected chi connectivity index (χ2v) is 15.2. The predicted octanol–water partition coefficient (Wildman–Crippen LogP) is 13.1. The number of ether oxygens (including phenoxy) is 2. The quantitative estimate of drug-likeness (QED) is 0.0275. The molecule has 0 saturated heterocycles. The first-order valence-electron chi connectivity index (χ1n) is 21.2. The topological polar surface area (TPSA) is 119 Å². The van der Waals surface area contributed by atoms with Crippen molar-refractivity contribution in [2.24, 2.45) is 0 Å². The molecule has 1 atom stereocenters. The highest BCUT2D eigenvalue weighted by Crippen LogP contribution is 2.36. The van der Waals surface area contributed by atoms with Gasteiger partial charge in [0, 0.05) is 12.8 Å². The molecule has 0 aliphatic carbocycles. The van der Waals surface area contributed by atoms with E-state index < -0.39 is 32.5 Å². The lowest BCUT2D eigenvalue weighted by Crippen LogP contribution is -2.29. The van der Waals surface area contributed by atoms with Crippen molar-refractivity contribution in [2.75, 3.05) is 13.2 Å². The molecule has 0 aromatic rings. The molecule has 2 N–H and O–H groups in total. The molecule has 0 aliphatic rings. The van der Waals surface area contributed by atoms with Crippen LogP contribution >= 0.6 is 7.82 Å². The zero-order valence-corrected chi connectivity index (χ0v) is 35.0. The molecular weight excluding hydrogens is 699 g/mol. The zero-order valence-electron chi connectivity index (χ0n) is 34.1. The minimum absolute atomic E-state index is 0.0851. The smallest absolute Gasteiger partial charge is 0.462 e. The molecule has 0 radical (unpaired) electrons. The van der Waals surface area contributed by atoms with E-state index in [1.165, 1.54) is 89.9 Å². The Morgan fingerprint density at radius 3 is 1.30 bits per heavy atom. The first kappa shape index (κ1) is 51.5. The summed E-state index contributed by atoms with van der Waals surface area (Å²) in [6.07, 6.45) is 52.1. The first-order chi connectivity index (χ1) is 26.3. The number of phosphoric acid groups is 1. The lowest BCUT2D eigenvalue weighted by molar-refractivity contribution is -0.161. The minimum atomic E-state index is -4.78. The Morgan fingerprint density at radius 1 is 0.500 bits per heavy atom. The Hall–Kier alpha value is -2.51. The largest absolute Gasteiger partial charge is 0.469 e. The third-order valence-electron chi connectivity index (χ3n) is 8.75. The van der Waals surface area contributed by atoms with Crippen LogP contribution in [0, 0.1) is 0 Å². The highest BCUT2D eigenvalue weighted by atomic mass is 31.2. The fourth-order valence-corrected chi connectivity index (χ4v) is 5.99. The lowest BCUT2D eigenvalue weighted by atomic mass is 10.0. The van der Waals surface area contributed by atoms with Crippen LogP contribution < -0.4 is 0 Å². The minimum Gasteiger partial charge on any atom is -0.462 e. The Bertz CT molecular complexity index is 1100. The summed E-state index contributed by atoms with van der Waals surface area (Å²) >= 11 is 0. The van der Waals surface area contributed by atoms with Crippen molar-refractivity contribution in [1.29, 1.82) is 0 Å². The van der Waals surface area contributed by atoms with E-state index in [4.69, 9.17) is 19.3 Å². The van der Waals surface area contributed by atoms with Crippen LogP contribution in [0.25, 0.3) is 0 Å². The number of carbonyl (C=O) groups is 2. The van der Waals surface area contributed by atoms with Crippen LogP contribution in [0.5, 0.6) is 0 Å². The van der Waals surface area contributed by atoms with Crippen LogP contribution in [0.1, 0.15) is 181 Å². The molecule has 54 heavy (non-hydrogen) atoms. The van der Waals surface area contributed by atoms with Crippen molar-refractivity contribution >= 4 is 19.8 Å². The maximum atomic E-state index is 12.4. The van der Waals surface area contributed by atoms with Crippen LogP contribution in [-0.4, -0.2) is 41.0 Å². The molecule has 8 nitrogen and oxygen atoms in total. The molecule has 0 aliphatic heterocycles. The van der Waals surface area contributed by atoms with Crippen molar-refractivity contribution in [1.82, 2.24) is 0 Å². The SMILES string of the molecule is CC/C=C\C/C=C\C/C=C\C/C=C\C/C=C\C/C=C\CCC(=O)O[C@H](COC(=O)CCCCCCCCCCCCCCCCCCC)COP(=O)(O)O. The standard InChI is InChI=1S/C45H77O8P/c1-3-5-7-9-11-13-15-17-19-21-22-24-26-28-30-32-34-36-38-40-45(47)53-43(42-52-54(48,49)50)41-51-44(46)39-37-35-33-31-29-27-25-23-20-18-16-14-12-10-8-6-4-2/h5,7,11,13,17,19,22,24,28,30,34,36,43H,3-4,6,8-10,12,14-16,18,20-21,23,25-27,29,31-33,35,37-42H2,1-2H3,(H2,48,49,50)/b7-5-,13-11-,19-17-,24-22-,30-28-,36-34-/t43-/m1/s1. The van der Waals surface area contributed by atoms with E-state index in [0.29, 0.717) is 12.8 Å². The normalized spacial score (nSPS) is 13.2. The van der Waals surface area contributed by atoms with Gasteiger partial charge in [-0.1, -0.05) is 189 Å². The molecule has 0 spiro atoms. The Morgan fingerprint density at radius 2 is 0.889 bits per heavy atom. The Balaban J connectivity index is 4.04. The van der Waals surface area contributed by atoms with Gasteiger partial charge in [0.05, 0.1) is 6.61 Å². The van der Waals surface area contributed by atoms with Crippen LogP contribution in [0.2, 0.25) is 0 Å². The van der Waals surface area contributed by atoms with E-state index in [0.717, 1.165) is 51.4 Å². The molecule has 9 heteroatoms. The molecule has 0 amide bonds. The third-order valence-corrected chi connectivity index (χ3v) is 9.24. The van der Waals surface area contributed by atoms with Crippen molar-refractivity contribution in [3.05, 3.63) is 72.9 Å². The van der Waals surface area contributed by atoms with Gasteiger partial charge in [-0.05, 0) is 51.4 Å². The van der Waals surface area contributed by atoms with E-state index >= 15 is 0 Å². The molecule has 0 bridgehead atoms. The summed E-state index contributed by atoms with van der Waals surface area (Å²) in [5, 5.41) is 0. The predicted molar refractivity (Wildman–Crippen MR) is 225 cm³/mol. The molecule has 0 saturated carbocycles. The lowest BCUT2D eigenvalue weighted by Gasteiger charge is -2.18. The summed E-state index contributed by atoms with van der Waals surface area (Å²) in [6.45, 7) is 3.52. The second kappa shape index (κ2) is 40.2. The second-order valence-electron chi connectivity index (χ2n) is 13.9. The monoisotopic (exact) mass is 777 g/mol. The highest BCUT2D eigenvalue weighted by molar-refractivity contribution is 7.46. The van der Waals surface area contributed by atoms with Gasteiger partial charge >= 0.3 is 19.8 Å². The van der Waals surface area contributed by atoms with Crippen molar-refractivity contribution in [3.63, 3.8) is 0 Å². The van der Waals surface area contributed by atoms with Gasteiger partial charge in [0.15, 0.2) is 6.10 Å². The molecule has 0 fully saturated rings. The van der Waals surface area contributed by atoms with Crippen LogP contribution in [0.15, 0.2) is 72.9 Å². The molecule has 0 rings (SSSR count). The number of allylic oxidation sites excluding steroid dienone is 12. The van der Waals surface area contributed by atoms with Gasteiger partial charge in [0.25, 0.3) is 0 Å². The third kappa shape index (κ3) is 42.2. The van der Waals surface area contributed by atoms with Crippen LogP contribution in [-0.2, 0) is 28.2 Å². The van der Waals surface area contributed by atoms with Gasteiger partial charge in [-0.2, -0.15) is 0 Å². The number of hydrogen-bond acceptors (Lipinski definition) is 6. The Labute approximate surface area is 329 Å². The van der Waals surface area contributed by atoms with Gasteiger partial charge in [0.2, 0.25) is 0 Å². The average Bonchev–Trinajstić information content (AvgIpc) is 3.14. The average molecular weight is 777 g/mol. The summed E-state index contributed by atoms with van der Waals surface area (Å²) in [5.74, 6) is -0.982. The zero-order chi connectivity index (χ0) is 39.6. The molecular formula is C45H77O8P. The van der Waals surface area contributed by atoms with Crippen molar-refractivity contribution in [2.45, 2.75) is 187 Å². The Kier molecular flexibility index (Phi) is 38.3. The number of unbranched alkanes of at least 4 members (excludes halogenated alkanes) is 16. The van der Waals surface area contributed by atoms with E-state index in [2.05, 4.69) is 79.1 Å². The van der Waals surface area contributed by atoms with Gasteiger partial charge in [-0.3, -0.25) is 14.1 Å². The fraction of sp³-hybridized carbons (Fsp3) is 0.689. The van der Waals surface area contributed by atoms with Crippen LogP contribution in [0.4, 0.5) is 0 Å². The van der Waals surface area contributed by atoms with E-state index in [1.54, 1.807) is 0 Å².